The molecule has 0 atom stereocenters. The largest absolute Gasteiger partial charge is 0.379 e. The molecule has 1 fully saturated rings. The van der Waals surface area contributed by atoms with E-state index in [2.05, 4.69) is 5.32 Å². The van der Waals surface area contributed by atoms with Gasteiger partial charge in [-0.1, -0.05) is 0 Å². The lowest BCUT2D eigenvalue weighted by atomic mass is 10.3. The van der Waals surface area contributed by atoms with Gasteiger partial charge in [0.15, 0.2) is 0 Å². The third kappa shape index (κ3) is 3.87. The zero-order valence-electron chi connectivity index (χ0n) is 9.28. The maximum absolute atomic E-state index is 11.2. The highest BCUT2D eigenvalue weighted by atomic mass is 16.5. The van der Waals surface area contributed by atoms with Crippen LogP contribution in [0.5, 0.6) is 0 Å². The molecule has 3 amide bonds. The van der Waals surface area contributed by atoms with Crippen molar-refractivity contribution in [1.29, 1.82) is 0 Å². The van der Waals surface area contributed by atoms with Gasteiger partial charge in [0.1, 0.15) is 0 Å². The molecule has 15 heavy (non-hydrogen) atoms. The minimum absolute atomic E-state index is 0.134. The predicted octanol–water partition coefficient (Wildman–Crippen LogP) is 0.743. The van der Waals surface area contributed by atoms with E-state index in [9.17, 15) is 9.59 Å². The Balaban J connectivity index is 2.09. The van der Waals surface area contributed by atoms with Gasteiger partial charge in [-0.3, -0.25) is 9.69 Å². The average molecular weight is 214 g/mol. The molecule has 1 heterocycles. The maximum Gasteiger partial charge on any atom is 0.324 e. The number of amides is 3. The SMILES string of the molecule is CC(C)OCCCCN1C(=O)CNC1=O. The zero-order chi connectivity index (χ0) is 11.3. The van der Waals surface area contributed by atoms with Gasteiger partial charge >= 0.3 is 6.03 Å². The van der Waals surface area contributed by atoms with Crippen molar-refractivity contribution in [3.05, 3.63) is 0 Å². The fraction of sp³-hybridized carbons (Fsp3) is 0.800. The van der Waals surface area contributed by atoms with Crippen LogP contribution in [-0.4, -0.2) is 42.6 Å². The van der Waals surface area contributed by atoms with E-state index in [0.29, 0.717) is 13.2 Å². The predicted molar refractivity (Wildman–Crippen MR) is 55.4 cm³/mol. The molecule has 86 valence electrons. The monoisotopic (exact) mass is 214 g/mol. The molecule has 0 aromatic carbocycles. The number of ether oxygens (including phenoxy) is 1. The van der Waals surface area contributed by atoms with Gasteiger partial charge in [-0.05, 0) is 26.7 Å². The molecule has 1 saturated heterocycles. The molecule has 0 spiro atoms. The van der Waals surface area contributed by atoms with Crippen LogP contribution in [0.1, 0.15) is 26.7 Å². The minimum Gasteiger partial charge on any atom is -0.379 e. The normalized spacial score (nSPS) is 16.3. The van der Waals surface area contributed by atoms with E-state index < -0.39 is 0 Å². The Bertz CT molecular complexity index is 225. The summed E-state index contributed by atoms with van der Waals surface area (Å²) < 4.78 is 5.36. The minimum atomic E-state index is -0.273. The lowest BCUT2D eigenvalue weighted by molar-refractivity contribution is -0.125. The summed E-state index contributed by atoms with van der Waals surface area (Å²) in [6.45, 7) is 5.28. The summed E-state index contributed by atoms with van der Waals surface area (Å²) in [6.07, 6.45) is 1.91. The molecule has 1 aliphatic rings. The van der Waals surface area contributed by atoms with Crippen LogP contribution in [0.4, 0.5) is 4.79 Å². The molecular weight excluding hydrogens is 196 g/mol. The van der Waals surface area contributed by atoms with Crippen LogP contribution >= 0.6 is 0 Å². The molecule has 0 unspecified atom stereocenters. The number of hydrogen-bond donors (Lipinski definition) is 1. The number of hydrogen-bond acceptors (Lipinski definition) is 3. The molecular formula is C10H18N2O3. The van der Waals surface area contributed by atoms with E-state index in [1.54, 1.807) is 0 Å². The van der Waals surface area contributed by atoms with E-state index in [1.165, 1.54) is 4.90 Å². The Morgan fingerprint density at radius 1 is 1.40 bits per heavy atom. The molecule has 5 heteroatoms. The summed E-state index contributed by atoms with van der Waals surface area (Å²) in [5.74, 6) is -0.134. The molecule has 0 aromatic rings. The molecule has 0 aliphatic carbocycles. The number of nitrogens with zero attached hydrogens (tertiary/aromatic N) is 1. The van der Waals surface area contributed by atoms with Crippen LogP contribution in [0.3, 0.4) is 0 Å². The highest BCUT2D eigenvalue weighted by Gasteiger charge is 2.27. The van der Waals surface area contributed by atoms with Crippen LogP contribution < -0.4 is 5.32 Å². The van der Waals surface area contributed by atoms with Crippen molar-refractivity contribution in [3.8, 4) is 0 Å². The van der Waals surface area contributed by atoms with E-state index in [1.807, 2.05) is 13.8 Å². The number of rotatable bonds is 6. The topological polar surface area (TPSA) is 58.6 Å². The molecule has 5 nitrogen and oxygen atoms in total. The van der Waals surface area contributed by atoms with E-state index in [4.69, 9.17) is 4.74 Å². The molecule has 0 aromatic heterocycles. The Morgan fingerprint density at radius 3 is 2.67 bits per heavy atom. The fourth-order valence-corrected chi connectivity index (χ4v) is 1.37. The third-order valence-corrected chi connectivity index (χ3v) is 2.16. The van der Waals surface area contributed by atoms with Crippen molar-refractivity contribution < 1.29 is 14.3 Å². The first-order chi connectivity index (χ1) is 7.11. The number of carbonyl (C=O) groups excluding carboxylic acids is 2. The Kier molecular flexibility index (Phi) is 4.55. The zero-order valence-corrected chi connectivity index (χ0v) is 9.28. The molecule has 0 radical (unpaired) electrons. The van der Waals surface area contributed by atoms with Crippen molar-refractivity contribution in [2.45, 2.75) is 32.8 Å². The van der Waals surface area contributed by atoms with Gasteiger partial charge in [0.25, 0.3) is 0 Å². The van der Waals surface area contributed by atoms with E-state index in [-0.39, 0.29) is 24.6 Å². The number of nitrogens with one attached hydrogen (secondary N) is 1. The van der Waals surface area contributed by atoms with Crippen molar-refractivity contribution in [1.82, 2.24) is 10.2 Å². The number of unbranched alkanes of at least 4 members (excludes halogenated alkanes) is 1. The van der Waals surface area contributed by atoms with Crippen molar-refractivity contribution in [2.75, 3.05) is 19.7 Å². The molecule has 1 N–H and O–H groups in total. The second-order valence-electron chi connectivity index (χ2n) is 3.83. The lowest BCUT2D eigenvalue weighted by Gasteiger charge is -2.12. The van der Waals surface area contributed by atoms with Crippen LogP contribution in [0.15, 0.2) is 0 Å². The highest BCUT2D eigenvalue weighted by Crippen LogP contribution is 2.02. The summed E-state index contributed by atoms with van der Waals surface area (Å²) in [6, 6.07) is -0.273. The van der Waals surface area contributed by atoms with Crippen molar-refractivity contribution in [2.24, 2.45) is 0 Å². The second kappa shape index (κ2) is 5.70. The summed E-state index contributed by atoms with van der Waals surface area (Å²) >= 11 is 0. The van der Waals surface area contributed by atoms with Crippen LogP contribution in [-0.2, 0) is 9.53 Å². The standard InChI is InChI=1S/C10H18N2O3/c1-8(2)15-6-4-3-5-12-9(13)7-11-10(12)14/h8H,3-7H2,1-2H3,(H,11,14). The summed E-state index contributed by atoms with van der Waals surface area (Å²) in [4.78, 5) is 23.5. The number of imide groups is 1. The molecule has 0 saturated carbocycles. The smallest absolute Gasteiger partial charge is 0.324 e. The Morgan fingerprint density at radius 2 is 2.13 bits per heavy atom. The summed E-state index contributed by atoms with van der Waals surface area (Å²) in [5.41, 5.74) is 0. The first-order valence-corrected chi connectivity index (χ1v) is 5.31. The van der Waals surface area contributed by atoms with Gasteiger partial charge < -0.3 is 10.1 Å². The maximum atomic E-state index is 11.2. The average Bonchev–Trinajstić information content (AvgIpc) is 2.47. The number of urea groups is 1. The van der Waals surface area contributed by atoms with E-state index >= 15 is 0 Å². The van der Waals surface area contributed by atoms with Crippen molar-refractivity contribution >= 4 is 11.9 Å². The first kappa shape index (κ1) is 12.0. The van der Waals surface area contributed by atoms with Gasteiger partial charge in [-0.25, -0.2) is 4.79 Å². The summed E-state index contributed by atoms with van der Waals surface area (Å²) in [7, 11) is 0. The van der Waals surface area contributed by atoms with E-state index in [0.717, 1.165) is 12.8 Å². The third-order valence-electron chi connectivity index (χ3n) is 2.16. The number of carbonyl (C=O) groups is 2. The van der Waals surface area contributed by atoms with Crippen LogP contribution in [0.2, 0.25) is 0 Å². The molecule has 1 aliphatic heterocycles. The molecule has 0 bridgehead atoms. The van der Waals surface area contributed by atoms with Gasteiger partial charge in [-0.2, -0.15) is 0 Å². The highest BCUT2D eigenvalue weighted by molar-refractivity contribution is 6.01. The van der Waals surface area contributed by atoms with Gasteiger partial charge in [0, 0.05) is 13.2 Å². The van der Waals surface area contributed by atoms with Crippen LogP contribution in [0.25, 0.3) is 0 Å². The van der Waals surface area contributed by atoms with Crippen molar-refractivity contribution in [3.63, 3.8) is 0 Å². The Hall–Kier alpha value is -1.10. The van der Waals surface area contributed by atoms with Crippen LogP contribution in [0, 0.1) is 0 Å². The lowest BCUT2D eigenvalue weighted by Crippen LogP contribution is -2.31. The van der Waals surface area contributed by atoms with Gasteiger partial charge in [0.2, 0.25) is 5.91 Å². The quantitative estimate of drug-likeness (QED) is 0.524. The first-order valence-electron chi connectivity index (χ1n) is 5.31. The molecule has 1 rings (SSSR count). The van der Waals surface area contributed by atoms with Gasteiger partial charge in [0.05, 0.1) is 12.6 Å². The summed E-state index contributed by atoms with van der Waals surface area (Å²) in [5, 5.41) is 2.48. The second-order valence-corrected chi connectivity index (χ2v) is 3.83. The Labute approximate surface area is 89.8 Å². The van der Waals surface area contributed by atoms with Gasteiger partial charge in [-0.15, -0.1) is 0 Å². The fourth-order valence-electron chi connectivity index (χ4n) is 1.37.